The molecule has 0 aliphatic carbocycles. The number of nitrogens with zero attached hydrogens (tertiary/aromatic N) is 6. The molecule has 8 heteroatoms. The molecule has 5 rings (SSSR count). The minimum atomic E-state index is -0.220. The van der Waals surface area contributed by atoms with E-state index in [1.807, 2.05) is 35.4 Å². The Bertz CT molecular complexity index is 2040. The van der Waals surface area contributed by atoms with Crippen LogP contribution in [0.5, 0.6) is 0 Å². The van der Waals surface area contributed by atoms with E-state index in [2.05, 4.69) is 9.69 Å². The van der Waals surface area contributed by atoms with Gasteiger partial charge >= 0.3 is 0 Å². The first-order chi connectivity index (χ1) is 18.3. The summed E-state index contributed by atoms with van der Waals surface area (Å²) in [7, 11) is 3.63. The number of hydrogen-bond acceptors (Lipinski definition) is 4. The zero-order valence-corrected chi connectivity index (χ0v) is 20.3. The molecule has 0 N–H and O–H groups in total. The van der Waals surface area contributed by atoms with Gasteiger partial charge in [-0.2, -0.15) is 0 Å². The normalized spacial score (nSPS) is 11.8. The van der Waals surface area contributed by atoms with Crippen molar-refractivity contribution in [3.63, 3.8) is 0 Å². The summed E-state index contributed by atoms with van der Waals surface area (Å²) in [4.78, 5) is 33.6. The maximum absolute atomic E-state index is 13.6. The van der Waals surface area contributed by atoms with Crippen LogP contribution in [0.2, 0.25) is 0 Å². The highest BCUT2D eigenvalue weighted by Crippen LogP contribution is 2.26. The van der Waals surface area contributed by atoms with Gasteiger partial charge in [0.05, 0.1) is 47.3 Å². The van der Waals surface area contributed by atoms with E-state index < -0.39 is 0 Å². The van der Waals surface area contributed by atoms with Crippen molar-refractivity contribution in [2.75, 3.05) is 0 Å². The van der Waals surface area contributed by atoms with Gasteiger partial charge < -0.3 is 9.13 Å². The van der Waals surface area contributed by atoms with Crippen molar-refractivity contribution < 1.29 is 0 Å². The van der Waals surface area contributed by atoms with Crippen LogP contribution in [-0.4, -0.2) is 9.13 Å². The zero-order valence-electron chi connectivity index (χ0n) is 20.3. The van der Waals surface area contributed by atoms with Crippen LogP contribution < -0.4 is 10.9 Å². The summed E-state index contributed by atoms with van der Waals surface area (Å²) in [5.41, 5.74) is 3.02. The fourth-order valence-electron chi connectivity index (χ4n) is 4.78. The maximum Gasteiger partial charge on any atom is 0.262 e. The highest BCUT2D eigenvalue weighted by atomic mass is 16.1. The molecule has 0 amide bonds. The Morgan fingerprint density at radius 1 is 0.684 bits per heavy atom. The number of aryl methyl sites for hydroxylation is 2. The minimum Gasteiger partial charge on any atom is -0.343 e. The number of allylic oxidation sites excluding steroid dienone is 2. The zero-order chi connectivity index (χ0) is 27.1. The van der Waals surface area contributed by atoms with E-state index in [4.69, 9.17) is 23.7 Å². The molecule has 8 nitrogen and oxygen atoms in total. The quantitative estimate of drug-likeness (QED) is 0.190. The third-order valence-electron chi connectivity index (χ3n) is 6.66. The van der Waals surface area contributed by atoms with Crippen LogP contribution in [0.1, 0.15) is 11.1 Å². The van der Waals surface area contributed by atoms with Gasteiger partial charge in [0.15, 0.2) is 10.9 Å². The number of benzene rings is 3. The van der Waals surface area contributed by atoms with Gasteiger partial charge in [0.2, 0.25) is 0 Å². The van der Waals surface area contributed by atoms with Crippen molar-refractivity contribution in [1.82, 2.24) is 9.13 Å². The molecule has 2 aromatic heterocycles. The van der Waals surface area contributed by atoms with Gasteiger partial charge in [-0.05, 0) is 59.7 Å². The predicted octanol–water partition coefficient (Wildman–Crippen LogP) is 5.26. The molecule has 178 valence electrons. The van der Waals surface area contributed by atoms with Gasteiger partial charge in [0.25, 0.3) is 11.4 Å². The van der Waals surface area contributed by atoms with Crippen LogP contribution >= 0.6 is 0 Å². The molecule has 0 saturated carbocycles. The third-order valence-corrected chi connectivity index (χ3v) is 6.66. The number of pyridine rings is 2. The Labute approximate surface area is 216 Å². The van der Waals surface area contributed by atoms with Crippen molar-refractivity contribution >= 4 is 55.8 Å². The van der Waals surface area contributed by atoms with Crippen LogP contribution in [0.15, 0.2) is 69.5 Å². The first kappa shape index (κ1) is 23.8. The fraction of sp³-hybridized carbons (Fsp3) is 0.0667. The lowest BCUT2D eigenvalue weighted by Gasteiger charge is -2.15. The van der Waals surface area contributed by atoms with E-state index in [1.54, 1.807) is 48.5 Å². The van der Waals surface area contributed by atoms with Gasteiger partial charge in [0, 0.05) is 35.6 Å². The first-order valence-electron chi connectivity index (χ1n) is 11.3. The Kier molecular flexibility index (Phi) is 5.58. The van der Waals surface area contributed by atoms with E-state index in [-0.39, 0.29) is 22.3 Å². The molecule has 5 aromatic rings. The molecule has 38 heavy (non-hydrogen) atoms. The average molecular weight is 492 g/mol. The van der Waals surface area contributed by atoms with Gasteiger partial charge in [-0.3, -0.25) is 9.59 Å². The molecule has 0 atom stereocenters. The largest absolute Gasteiger partial charge is 0.343 e. The van der Waals surface area contributed by atoms with Crippen LogP contribution in [0.3, 0.4) is 0 Å². The lowest BCUT2D eigenvalue weighted by molar-refractivity contribution is 0.993. The van der Waals surface area contributed by atoms with E-state index in [1.165, 1.54) is 12.2 Å². The second-order valence-corrected chi connectivity index (χ2v) is 8.72. The highest BCUT2D eigenvalue weighted by Gasteiger charge is 2.15. The van der Waals surface area contributed by atoms with Crippen molar-refractivity contribution in [2.24, 2.45) is 14.1 Å². The first-order valence-corrected chi connectivity index (χ1v) is 11.3. The van der Waals surface area contributed by atoms with E-state index in [0.717, 1.165) is 0 Å². The van der Waals surface area contributed by atoms with Crippen LogP contribution in [0.4, 0.5) is 0 Å². The maximum atomic E-state index is 13.6. The van der Waals surface area contributed by atoms with Crippen molar-refractivity contribution in [3.8, 4) is 12.1 Å². The molecule has 0 fully saturated rings. The second kappa shape index (κ2) is 8.92. The lowest BCUT2D eigenvalue weighted by Crippen LogP contribution is -2.13. The molecule has 0 spiro atoms. The number of fused-ring (bicyclic) bond motifs is 4. The Balaban J connectivity index is 1.86. The molecule has 0 unspecified atom stereocenters. The summed E-state index contributed by atoms with van der Waals surface area (Å²) in [6, 6.07) is 17.4. The van der Waals surface area contributed by atoms with Crippen LogP contribution in [0, 0.1) is 35.8 Å². The number of hydrogen-bond donors (Lipinski definition) is 0. The molecule has 0 radical (unpaired) electrons. The molecule has 0 aliphatic rings. The van der Waals surface area contributed by atoms with E-state index in [9.17, 15) is 9.59 Å². The molecule has 0 bridgehead atoms. The molecular formula is C30H16N6O2. The van der Waals surface area contributed by atoms with Crippen molar-refractivity contribution in [2.45, 2.75) is 0 Å². The Hall–Kier alpha value is -5.96. The standard InChI is InChI=1S/C30H16N6O2/c1-33-19(15-31)9-17-5-7-25-21(11-17)29(37)23-13-28-24(14-27(23)35(25)3)30(38)22-12-18(10-20(16-32)34-2)6-8-26(22)36(28)4/h5-14H,3-4H3/b19-9-,20-10+. The average Bonchev–Trinajstić information content (AvgIpc) is 2.95. The fourth-order valence-corrected chi connectivity index (χ4v) is 4.78. The Morgan fingerprint density at radius 2 is 1.05 bits per heavy atom. The van der Waals surface area contributed by atoms with E-state index in [0.29, 0.717) is 54.7 Å². The van der Waals surface area contributed by atoms with Crippen LogP contribution in [0.25, 0.3) is 65.5 Å². The second-order valence-electron chi connectivity index (χ2n) is 8.72. The van der Waals surface area contributed by atoms with Gasteiger partial charge in [-0.15, -0.1) is 0 Å². The van der Waals surface area contributed by atoms with Crippen molar-refractivity contribution in [1.29, 1.82) is 10.5 Å². The molecule has 0 saturated heterocycles. The smallest absolute Gasteiger partial charge is 0.262 e. The lowest BCUT2D eigenvalue weighted by atomic mass is 10.0. The predicted molar refractivity (Wildman–Crippen MR) is 147 cm³/mol. The van der Waals surface area contributed by atoms with Gasteiger partial charge in [-0.25, -0.2) is 20.2 Å². The summed E-state index contributed by atoms with van der Waals surface area (Å²) in [6.07, 6.45) is 2.88. The molecule has 2 heterocycles. The SMILES string of the molecule is [C-]#[N+]/C(C#N)=C\c1ccc2c(c1)c(=O)c1cc3c(cc1n2C)c(=O)c1cc(/C=C(\C#N)[N+]#[C-])ccc1n3C. The van der Waals surface area contributed by atoms with Crippen LogP contribution in [-0.2, 0) is 14.1 Å². The summed E-state index contributed by atoms with van der Waals surface area (Å²) in [5.74, 6) is 0. The molecule has 0 aliphatic heterocycles. The topological polar surface area (TPSA) is 100 Å². The minimum absolute atomic E-state index is 0.0774. The van der Waals surface area contributed by atoms with Gasteiger partial charge in [-0.1, -0.05) is 12.1 Å². The Morgan fingerprint density at radius 3 is 1.39 bits per heavy atom. The third kappa shape index (κ3) is 3.59. The van der Waals surface area contributed by atoms with Gasteiger partial charge in [0.1, 0.15) is 0 Å². The summed E-state index contributed by atoms with van der Waals surface area (Å²) in [5, 5.41) is 19.9. The summed E-state index contributed by atoms with van der Waals surface area (Å²) >= 11 is 0. The van der Waals surface area contributed by atoms with Crippen molar-refractivity contribution in [3.05, 3.63) is 114 Å². The highest BCUT2D eigenvalue weighted by molar-refractivity contribution is 6.04. The van der Waals surface area contributed by atoms with E-state index >= 15 is 0 Å². The summed E-state index contributed by atoms with van der Waals surface area (Å²) in [6.45, 7) is 14.2. The molecule has 3 aromatic carbocycles. The number of nitriles is 2. The number of rotatable bonds is 2. The summed E-state index contributed by atoms with van der Waals surface area (Å²) < 4.78 is 3.69. The number of aromatic nitrogens is 2. The monoisotopic (exact) mass is 492 g/mol. The molecular weight excluding hydrogens is 476 g/mol.